The number of methoxy groups -OCH3 is 1. The van der Waals surface area contributed by atoms with Gasteiger partial charge in [-0.1, -0.05) is 19.1 Å². The Hall–Kier alpha value is -2.61. The molecule has 1 aliphatic rings. The molecule has 1 aliphatic heterocycles. The number of likely N-dealkylation sites (tertiary alicyclic amines) is 1. The standard InChI is InChI=1S/C20H30N4O4/c1-3-10-24(13-18(25)22-16-6-4-5-7-17(16)28-2)19(26)14-23-11-8-15(9-12-23)20(21)27/h4-7,15H,3,8-14H2,1-2H3,(H2,21,27)(H,22,25)/p+1. The minimum Gasteiger partial charge on any atom is -0.495 e. The van der Waals surface area contributed by atoms with E-state index in [2.05, 4.69) is 5.32 Å². The van der Waals surface area contributed by atoms with Crippen LogP contribution in [0.15, 0.2) is 24.3 Å². The van der Waals surface area contributed by atoms with E-state index in [9.17, 15) is 14.4 Å². The number of carbonyl (C=O) groups excluding carboxylic acids is 3. The zero-order chi connectivity index (χ0) is 20.5. The fourth-order valence-corrected chi connectivity index (χ4v) is 3.49. The Kier molecular flexibility index (Phi) is 8.25. The number of nitrogens with one attached hydrogen (secondary N) is 2. The third-order valence-electron chi connectivity index (χ3n) is 5.06. The number of piperidine rings is 1. The fraction of sp³-hybridized carbons (Fsp3) is 0.550. The van der Waals surface area contributed by atoms with Gasteiger partial charge in [0.15, 0.2) is 6.54 Å². The summed E-state index contributed by atoms with van der Waals surface area (Å²) >= 11 is 0. The number of hydrogen-bond donors (Lipinski definition) is 3. The molecule has 0 radical (unpaired) electrons. The van der Waals surface area contributed by atoms with Crippen LogP contribution in [-0.4, -0.2) is 62.5 Å². The van der Waals surface area contributed by atoms with Gasteiger partial charge >= 0.3 is 0 Å². The van der Waals surface area contributed by atoms with Gasteiger partial charge in [-0.05, 0) is 18.6 Å². The molecule has 2 rings (SSSR count). The van der Waals surface area contributed by atoms with Gasteiger partial charge in [-0.25, -0.2) is 0 Å². The summed E-state index contributed by atoms with van der Waals surface area (Å²) in [5, 5.41) is 2.81. The Bertz CT molecular complexity index is 687. The average molecular weight is 391 g/mol. The summed E-state index contributed by atoms with van der Waals surface area (Å²) in [6.07, 6.45) is 2.19. The van der Waals surface area contributed by atoms with Crippen LogP contribution in [0.2, 0.25) is 0 Å². The van der Waals surface area contributed by atoms with E-state index in [4.69, 9.17) is 10.5 Å². The Labute approximate surface area is 166 Å². The molecule has 1 aromatic rings. The lowest BCUT2D eigenvalue weighted by atomic mass is 9.96. The number of carbonyl (C=O) groups is 3. The van der Waals surface area contributed by atoms with Crippen LogP contribution in [0.1, 0.15) is 26.2 Å². The zero-order valence-corrected chi connectivity index (χ0v) is 16.7. The smallest absolute Gasteiger partial charge is 0.278 e. The van der Waals surface area contributed by atoms with Crippen molar-refractivity contribution >= 4 is 23.4 Å². The SMILES string of the molecule is CCCN(CC(=O)Nc1ccccc1OC)C(=O)C[NH+]1CCC(C(N)=O)CC1. The van der Waals surface area contributed by atoms with Gasteiger partial charge in [0.1, 0.15) is 12.3 Å². The summed E-state index contributed by atoms with van der Waals surface area (Å²) in [6.45, 7) is 4.31. The van der Waals surface area contributed by atoms with E-state index >= 15 is 0 Å². The van der Waals surface area contributed by atoms with Crippen LogP contribution < -0.4 is 20.7 Å². The Morgan fingerprint density at radius 3 is 2.54 bits per heavy atom. The van der Waals surface area contributed by atoms with Gasteiger partial charge in [0.2, 0.25) is 11.8 Å². The van der Waals surface area contributed by atoms with Crippen molar-refractivity contribution in [2.75, 3.05) is 45.2 Å². The number of nitrogens with zero attached hydrogens (tertiary/aromatic N) is 1. The second kappa shape index (κ2) is 10.7. The van der Waals surface area contributed by atoms with E-state index in [0.29, 0.717) is 37.4 Å². The molecule has 0 spiro atoms. The van der Waals surface area contributed by atoms with Crippen LogP contribution in [0.4, 0.5) is 5.69 Å². The molecule has 1 fully saturated rings. The highest BCUT2D eigenvalue weighted by atomic mass is 16.5. The van der Waals surface area contributed by atoms with Crippen molar-refractivity contribution in [3.63, 3.8) is 0 Å². The maximum absolute atomic E-state index is 12.7. The largest absolute Gasteiger partial charge is 0.495 e. The number of amides is 3. The van der Waals surface area contributed by atoms with Crippen molar-refractivity contribution in [3.05, 3.63) is 24.3 Å². The van der Waals surface area contributed by atoms with Crippen molar-refractivity contribution < 1.29 is 24.0 Å². The topological polar surface area (TPSA) is 106 Å². The molecule has 4 N–H and O–H groups in total. The number of hydrogen-bond acceptors (Lipinski definition) is 4. The number of rotatable bonds is 9. The van der Waals surface area contributed by atoms with E-state index in [1.54, 1.807) is 24.1 Å². The number of nitrogens with two attached hydrogens (primary N) is 1. The highest BCUT2D eigenvalue weighted by molar-refractivity contribution is 5.95. The zero-order valence-electron chi connectivity index (χ0n) is 16.7. The van der Waals surface area contributed by atoms with E-state index in [1.165, 1.54) is 0 Å². The third kappa shape index (κ3) is 6.23. The summed E-state index contributed by atoms with van der Waals surface area (Å²) in [4.78, 5) is 39.2. The minimum absolute atomic E-state index is 0.00190. The van der Waals surface area contributed by atoms with Crippen LogP contribution in [0, 0.1) is 5.92 Å². The maximum Gasteiger partial charge on any atom is 0.278 e. The first-order chi connectivity index (χ1) is 13.4. The van der Waals surface area contributed by atoms with Gasteiger partial charge in [-0.15, -0.1) is 0 Å². The van der Waals surface area contributed by atoms with E-state index in [0.717, 1.165) is 24.4 Å². The highest BCUT2D eigenvalue weighted by Crippen LogP contribution is 2.22. The fourth-order valence-electron chi connectivity index (χ4n) is 3.49. The van der Waals surface area contributed by atoms with Gasteiger partial charge in [0.25, 0.3) is 5.91 Å². The van der Waals surface area contributed by atoms with Crippen LogP contribution in [0.5, 0.6) is 5.75 Å². The van der Waals surface area contributed by atoms with Gasteiger partial charge in [0.05, 0.1) is 25.9 Å². The molecule has 3 amide bonds. The van der Waals surface area contributed by atoms with Crippen molar-refractivity contribution in [3.8, 4) is 5.75 Å². The highest BCUT2D eigenvalue weighted by Gasteiger charge is 2.28. The molecule has 0 saturated carbocycles. The molecular weight excluding hydrogens is 360 g/mol. The summed E-state index contributed by atoms with van der Waals surface area (Å²) in [7, 11) is 1.54. The molecule has 8 heteroatoms. The predicted octanol–water partition coefficient (Wildman–Crippen LogP) is -0.347. The molecular formula is C20H31N4O4+. The van der Waals surface area contributed by atoms with Crippen molar-refractivity contribution in [1.29, 1.82) is 0 Å². The number of para-hydroxylation sites is 2. The van der Waals surface area contributed by atoms with Crippen LogP contribution in [-0.2, 0) is 14.4 Å². The van der Waals surface area contributed by atoms with Crippen molar-refractivity contribution in [1.82, 2.24) is 4.90 Å². The predicted molar refractivity (Wildman–Crippen MR) is 106 cm³/mol. The lowest BCUT2D eigenvalue weighted by Crippen LogP contribution is -3.14. The number of primary amides is 1. The van der Waals surface area contributed by atoms with E-state index in [1.807, 2.05) is 19.1 Å². The number of anilines is 1. The molecule has 0 aliphatic carbocycles. The van der Waals surface area contributed by atoms with Gasteiger partial charge in [0, 0.05) is 25.3 Å². The Morgan fingerprint density at radius 2 is 1.93 bits per heavy atom. The van der Waals surface area contributed by atoms with Gasteiger partial charge in [-0.3, -0.25) is 14.4 Å². The first-order valence-electron chi connectivity index (χ1n) is 9.78. The van der Waals surface area contributed by atoms with Crippen LogP contribution in [0.3, 0.4) is 0 Å². The molecule has 1 saturated heterocycles. The quantitative estimate of drug-likeness (QED) is 0.535. The first-order valence-corrected chi connectivity index (χ1v) is 9.78. The lowest BCUT2D eigenvalue weighted by molar-refractivity contribution is -0.898. The van der Waals surface area contributed by atoms with Crippen molar-refractivity contribution in [2.45, 2.75) is 26.2 Å². The van der Waals surface area contributed by atoms with E-state index in [-0.39, 0.29) is 30.2 Å². The maximum atomic E-state index is 12.7. The molecule has 0 aromatic heterocycles. The van der Waals surface area contributed by atoms with Crippen molar-refractivity contribution in [2.24, 2.45) is 11.7 Å². The second-order valence-corrected chi connectivity index (χ2v) is 7.17. The molecule has 1 aromatic carbocycles. The first kappa shape index (κ1) is 21.7. The number of quaternary nitrogens is 1. The van der Waals surface area contributed by atoms with E-state index < -0.39 is 0 Å². The molecule has 0 bridgehead atoms. The molecule has 28 heavy (non-hydrogen) atoms. The lowest BCUT2D eigenvalue weighted by Gasteiger charge is -2.29. The summed E-state index contributed by atoms with van der Waals surface area (Å²) < 4.78 is 5.24. The molecule has 154 valence electrons. The van der Waals surface area contributed by atoms with Crippen LogP contribution in [0.25, 0.3) is 0 Å². The van der Waals surface area contributed by atoms with Gasteiger partial charge < -0.3 is 25.6 Å². The van der Waals surface area contributed by atoms with Crippen LogP contribution >= 0.6 is 0 Å². The van der Waals surface area contributed by atoms with Gasteiger partial charge in [-0.2, -0.15) is 0 Å². The Balaban J connectivity index is 1.90. The molecule has 0 unspecified atom stereocenters. The normalized spacial score (nSPS) is 18.9. The monoisotopic (exact) mass is 391 g/mol. The summed E-state index contributed by atoms with van der Waals surface area (Å²) in [5.41, 5.74) is 5.95. The molecule has 1 heterocycles. The summed E-state index contributed by atoms with van der Waals surface area (Å²) in [5.74, 6) is -0.0764. The number of ether oxygens (including phenoxy) is 1. The molecule has 0 atom stereocenters. The molecule has 8 nitrogen and oxygen atoms in total. The number of benzene rings is 1. The average Bonchev–Trinajstić information content (AvgIpc) is 2.68. The third-order valence-corrected chi connectivity index (χ3v) is 5.06. The Morgan fingerprint density at radius 1 is 1.25 bits per heavy atom. The minimum atomic E-state index is -0.258. The second-order valence-electron chi connectivity index (χ2n) is 7.17. The summed E-state index contributed by atoms with van der Waals surface area (Å²) in [6, 6.07) is 7.16.